The van der Waals surface area contributed by atoms with Crippen LogP contribution in [0.25, 0.3) is 0 Å². The summed E-state index contributed by atoms with van der Waals surface area (Å²) in [5, 5.41) is 5.26. The van der Waals surface area contributed by atoms with Crippen LogP contribution in [0.15, 0.2) is 27.9 Å². The zero-order chi connectivity index (χ0) is 21.7. The van der Waals surface area contributed by atoms with E-state index >= 15 is 0 Å². The minimum absolute atomic E-state index is 0.237. The third-order valence-electron chi connectivity index (χ3n) is 4.17. The van der Waals surface area contributed by atoms with Gasteiger partial charge in [0.2, 0.25) is 0 Å². The second-order valence-electron chi connectivity index (χ2n) is 6.11. The quantitative estimate of drug-likeness (QED) is 0.588. The number of amides is 2. The predicted molar refractivity (Wildman–Crippen MR) is 107 cm³/mol. The first-order valence-electron chi connectivity index (χ1n) is 8.80. The molecule has 1 heterocycles. The molecule has 0 aliphatic carbocycles. The Morgan fingerprint density at radius 1 is 1.28 bits per heavy atom. The standard InChI is InChI=1S/C19H23BrN2O7/c1-6-28-17(23)10(3)29-16-12(20)7-11(8-13(16)26-4)15-14(18(24)27-5)9(2)21-19(25)22-15/h7-8,10,15H,6H2,1-5H3,(H2,21,22,25)/t10-,15+/m1/s1. The first-order valence-corrected chi connectivity index (χ1v) is 9.60. The fourth-order valence-corrected chi connectivity index (χ4v) is 3.38. The van der Waals surface area contributed by atoms with Crippen molar-refractivity contribution in [1.29, 1.82) is 0 Å². The summed E-state index contributed by atoms with van der Waals surface area (Å²) in [4.78, 5) is 36.1. The minimum atomic E-state index is -0.864. The van der Waals surface area contributed by atoms with E-state index < -0.39 is 30.1 Å². The number of hydrogen-bond donors (Lipinski definition) is 2. The smallest absolute Gasteiger partial charge is 0.347 e. The summed E-state index contributed by atoms with van der Waals surface area (Å²) < 4.78 is 21.4. The second-order valence-corrected chi connectivity index (χ2v) is 6.96. The molecule has 0 radical (unpaired) electrons. The Hall–Kier alpha value is -2.75. The molecule has 0 fully saturated rings. The number of esters is 2. The summed E-state index contributed by atoms with van der Waals surface area (Å²) in [6, 6.07) is 2.07. The SMILES string of the molecule is CCOC(=O)[C@@H](C)Oc1c(Br)cc([C@@H]2NC(=O)NC(C)=C2C(=O)OC)cc1OC. The van der Waals surface area contributed by atoms with E-state index in [4.69, 9.17) is 18.9 Å². The number of allylic oxidation sites excluding steroid dienone is 1. The second kappa shape index (κ2) is 9.64. The zero-order valence-corrected chi connectivity index (χ0v) is 18.3. The van der Waals surface area contributed by atoms with Crippen LogP contribution in [-0.2, 0) is 19.1 Å². The van der Waals surface area contributed by atoms with Crippen molar-refractivity contribution in [3.8, 4) is 11.5 Å². The van der Waals surface area contributed by atoms with Crippen LogP contribution in [0, 0.1) is 0 Å². The van der Waals surface area contributed by atoms with Crippen LogP contribution in [0.5, 0.6) is 11.5 Å². The lowest BCUT2D eigenvalue weighted by Gasteiger charge is -2.28. The highest BCUT2D eigenvalue weighted by atomic mass is 79.9. The average Bonchev–Trinajstić information content (AvgIpc) is 2.68. The normalized spacial score (nSPS) is 17.0. The van der Waals surface area contributed by atoms with Gasteiger partial charge in [-0.25, -0.2) is 14.4 Å². The molecule has 1 aromatic carbocycles. The molecule has 0 bridgehead atoms. The molecular weight excluding hydrogens is 448 g/mol. The first kappa shape index (κ1) is 22.5. The molecule has 1 aliphatic heterocycles. The fraction of sp³-hybridized carbons (Fsp3) is 0.421. The van der Waals surface area contributed by atoms with E-state index in [9.17, 15) is 14.4 Å². The van der Waals surface area contributed by atoms with Crippen LogP contribution in [0.1, 0.15) is 32.4 Å². The van der Waals surface area contributed by atoms with Crippen molar-refractivity contribution in [2.24, 2.45) is 0 Å². The molecule has 0 saturated carbocycles. The van der Waals surface area contributed by atoms with E-state index in [0.717, 1.165) is 0 Å². The molecule has 0 aromatic heterocycles. The Morgan fingerprint density at radius 2 is 1.97 bits per heavy atom. The number of nitrogens with one attached hydrogen (secondary N) is 2. The van der Waals surface area contributed by atoms with Gasteiger partial charge < -0.3 is 29.6 Å². The van der Waals surface area contributed by atoms with Gasteiger partial charge in [0, 0.05) is 5.70 Å². The molecule has 0 spiro atoms. The molecule has 2 atom stereocenters. The number of urea groups is 1. The molecule has 1 aromatic rings. The maximum atomic E-state index is 12.3. The largest absolute Gasteiger partial charge is 0.493 e. The lowest BCUT2D eigenvalue weighted by molar-refractivity contribution is -0.150. The number of ether oxygens (including phenoxy) is 4. The van der Waals surface area contributed by atoms with Gasteiger partial charge in [0.25, 0.3) is 0 Å². The monoisotopic (exact) mass is 470 g/mol. The summed E-state index contributed by atoms with van der Waals surface area (Å²) in [5.41, 5.74) is 1.20. The Balaban J connectivity index is 2.46. The Kier molecular flexibility index (Phi) is 7.49. The van der Waals surface area contributed by atoms with E-state index in [1.165, 1.54) is 14.2 Å². The van der Waals surface area contributed by atoms with Crippen LogP contribution in [0.2, 0.25) is 0 Å². The van der Waals surface area contributed by atoms with Crippen molar-refractivity contribution in [3.63, 3.8) is 0 Å². The highest BCUT2D eigenvalue weighted by Crippen LogP contribution is 2.40. The van der Waals surface area contributed by atoms with Crippen molar-refractivity contribution in [2.45, 2.75) is 32.9 Å². The Labute approximate surface area is 176 Å². The van der Waals surface area contributed by atoms with E-state index in [2.05, 4.69) is 26.6 Å². The van der Waals surface area contributed by atoms with Gasteiger partial charge in [0.05, 0.1) is 36.9 Å². The number of hydrogen-bond acceptors (Lipinski definition) is 7. The van der Waals surface area contributed by atoms with Crippen LogP contribution in [-0.4, -0.2) is 44.9 Å². The number of rotatable bonds is 7. The zero-order valence-electron chi connectivity index (χ0n) is 16.8. The van der Waals surface area contributed by atoms with Crippen molar-refractivity contribution in [1.82, 2.24) is 10.6 Å². The van der Waals surface area contributed by atoms with Crippen molar-refractivity contribution >= 4 is 33.9 Å². The minimum Gasteiger partial charge on any atom is -0.493 e. The Morgan fingerprint density at radius 3 is 2.55 bits per heavy atom. The number of carbonyl (C=O) groups is 3. The summed E-state index contributed by atoms with van der Waals surface area (Å²) in [6.45, 7) is 5.12. The van der Waals surface area contributed by atoms with Gasteiger partial charge in [-0.2, -0.15) is 0 Å². The predicted octanol–water partition coefficient (Wildman–Crippen LogP) is 2.59. The summed E-state index contributed by atoms with van der Waals surface area (Å²) in [5.74, 6) is -0.494. The Bertz CT molecular complexity index is 853. The van der Waals surface area contributed by atoms with Gasteiger partial charge in [-0.15, -0.1) is 0 Å². The van der Waals surface area contributed by atoms with Crippen LogP contribution < -0.4 is 20.1 Å². The third kappa shape index (κ3) is 5.00. The van der Waals surface area contributed by atoms with Gasteiger partial charge in [-0.05, 0) is 54.4 Å². The van der Waals surface area contributed by atoms with Gasteiger partial charge >= 0.3 is 18.0 Å². The average molecular weight is 471 g/mol. The highest BCUT2D eigenvalue weighted by Gasteiger charge is 2.33. The number of methoxy groups -OCH3 is 2. The van der Waals surface area contributed by atoms with Gasteiger partial charge in [0.15, 0.2) is 17.6 Å². The van der Waals surface area contributed by atoms with Gasteiger partial charge in [0.1, 0.15) is 0 Å². The molecule has 2 N–H and O–H groups in total. The van der Waals surface area contributed by atoms with E-state index in [-0.39, 0.29) is 17.9 Å². The van der Waals surface area contributed by atoms with Crippen molar-refractivity contribution in [2.75, 3.05) is 20.8 Å². The first-order chi connectivity index (χ1) is 13.7. The van der Waals surface area contributed by atoms with Crippen LogP contribution in [0.3, 0.4) is 0 Å². The molecule has 29 heavy (non-hydrogen) atoms. The lowest BCUT2D eigenvalue weighted by Crippen LogP contribution is -2.45. The molecular formula is C19H23BrN2O7. The van der Waals surface area contributed by atoms with E-state index in [1.807, 2.05) is 0 Å². The van der Waals surface area contributed by atoms with E-state index in [1.54, 1.807) is 32.9 Å². The van der Waals surface area contributed by atoms with Crippen LogP contribution in [0.4, 0.5) is 4.79 Å². The van der Waals surface area contributed by atoms with Crippen molar-refractivity contribution in [3.05, 3.63) is 33.4 Å². The van der Waals surface area contributed by atoms with Crippen LogP contribution >= 0.6 is 15.9 Å². The molecule has 10 heteroatoms. The third-order valence-corrected chi connectivity index (χ3v) is 4.76. The number of halogens is 1. The molecule has 1 aliphatic rings. The number of benzene rings is 1. The summed E-state index contributed by atoms with van der Waals surface area (Å²) in [7, 11) is 2.71. The highest BCUT2D eigenvalue weighted by molar-refractivity contribution is 9.10. The molecule has 2 amide bonds. The fourth-order valence-electron chi connectivity index (χ4n) is 2.83. The number of carbonyl (C=O) groups excluding carboxylic acids is 3. The maximum absolute atomic E-state index is 12.3. The molecule has 158 valence electrons. The van der Waals surface area contributed by atoms with Gasteiger partial charge in [-0.1, -0.05) is 0 Å². The van der Waals surface area contributed by atoms with Gasteiger partial charge in [-0.3, -0.25) is 0 Å². The molecule has 0 saturated heterocycles. The summed E-state index contributed by atoms with van der Waals surface area (Å²) >= 11 is 3.41. The lowest BCUT2D eigenvalue weighted by atomic mass is 9.95. The maximum Gasteiger partial charge on any atom is 0.347 e. The summed E-state index contributed by atoms with van der Waals surface area (Å²) in [6.07, 6.45) is -0.864. The van der Waals surface area contributed by atoms with Crippen molar-refractivity contribution < 1.29 is 33.3 Å². The molecule has 9 nitrogen and oxygen atoms in total. The topological polar surface area (TPSA) is 112 Å². The van der Waals surface area contributed by atoms with E-state index in [0.29, 0.717) is 21.5 Å². The molecule has 0 unspecified atom stereocenters. The molecule has 2 rings (SSSR count).